The highest BCUT2D eigenvalue weighted by Gasteiger charge is 2.22. The molecule has 0 radical (unpaired) electrons. The van der Waals surface area contributed by atoms with E-state index in [1.165, 1.54) is 11.8 Å². The number of ether oxygens (including phenoxy) is 2. The molecule has 0 aliphatic rings. The largest absolute Gasteiger partial charge is 0.496 e. The first-order chi connectivity index (χ1) is 9.65. The summed E-state index contributed by atoms with van der Waals surface area (Å²) in [6, 6.07) is 8.20. The molecule has 0 heterocycles. The third-order valence-electron chi connectivity index (χ3n) is 3.97. The van der Waals surface area contributed by atoms with Crippen LogP contribution in [0, 0.1) is 6.92 Å². The van der Waals surface area contributed by atoms with E-state index in [0.717, 1.165) is 49.6 Å². The van der Waals surface area contributed by atoms with E-state index in [1.54, 1.807) is 0 Å². The SMILES string of the molecule is C=COCC[N+](CC)(CC)CCOc1cccc(C)c1. The summed E-state index contributed by atoms with van der Waals surface area (Å²) in [5, 5.41) is 0. The second-order valence-electron chi connectivity index (χ2n) is 5.12. The van der Waals surface area contributed by atoms with Crippen LogP contribution in [0.2, 0.25) is 0 Å². The fourth-order valence-electron chi connectivity index (χ4n) is 2.36. The maximum atomic E-state index is 5.88. The average molecular weight is 278 g/mol. The number of nitrogens with zero attached hydrogens (tertiary/aromatic N) is 1. The van der Waals surface area contributed by atoms with E-state index < -0.39 is 0 Å². The summed E-state index contributed by atoms with van der Waals surface area (Å²) in [7, 11) is 0. The second kappa shape index (κ2) is 8.64. The Morgan fingerprint density at radius 2 is 1.85 bits per heavy atom. The van der Waals surface area contributed by atoms with Gasteiger partial charge in [-0.2, -0.15) is 0 Å². The lowest BCUT2D eigenvalue weighted by molar-refractivity contribution is -0.925. The molecule has 1 aromatic carbocycles. The van der Waals surface area contributed by atoms with Crippen LogP contribution in [-0.2, 0) is 4.74 Å². The van der Waals surface area contributed by atoms with Gasteiger partial charge in [0.05, 0.1) is 19.4 Å². The molecule has 0 aromatic heterocycles. The monoisotopic (exact) mass is 278 g/mol. The number of likely N-dealkylation sites (N-methyl/N-ethyl adjacent to an activating group) is 1. The first-order valence-corrected chi connectivity index (χ1v) is 7.43. The van der Waals surface area contributed by atoms with Gasteiger partial charge in [0.1, 0.15) is 32.1 Å². The van der Waals surface area contributed by atoms with Crippen LogP contribution in [0.15, 0.2) is 37.1 Å². The van der Waals surface area contributed by atoms with E-state index in [1.807, 2.05) is 12.1 Å². The fourth-order valence-corrected chi connectivity index (χ4v) is 2.36. The molecule has 0 spiro atoms. The van der Waals surface area contributed by atoms with Crippen LogP contribution in [0.25, 0.3) is 0 Å². The number of aryl methyl sites for hydroxylation is 1. The Hall–Kier alpha value is -1.48. The second-order valence-corrected chi connectivity index (χ2v) is 5.12. The molecular formula is C17H28NO2+. The van der Waals surface area contributed by atoms with Crippen LogP contribution in [0.3, 0.4) is 0 Å². The molecule has 0 unspecified atom stereocenters. The molecule has 0 amide bonds. The van der Waals surface area contributed by atoms with Crippen molar-refractivity contribution >= 4 is 0 Å². The van der Waals surface area contributed by atoms with Gasteiger partial charge in [-0.3, -0.25) is 0 Å². The lowest BCUT2D eigenvalue weighted by atomic mass is 10.2. The van der Waals surface area contributed by atoms with Crippen molar-refractivity contribution in [1.29, 1.82) is 0 Å². The molecule has 20 heavy (non-hydrogen) atoms. The first kappa shape index (κ1) is 16.6. The lowest BCUT2D eigenvalue weighted by Gasteiger charge is -2.36. The van der Waals surface area contributed by atoms with E-state index in [9.17, 15) is 0 Å². The Kier molecular flexibility index (Phi) is 7.16. The molecule has 3 nitrogen and oxygen atoms in total. The maximum Gasteiger partial charge on any atom is 0.137 e. The van der Waals surface area contributed by atoms with Gasteiger partial charge in [0.2, 0.25) is 0 Å². The minimum absolute atomic E-state index is 0.718. The summed E-state index contributed by atoms with van der Waals surface area (Å²) >= 11 is 0. The zero-order chi connectivity index (χ0) is 14.8. The standard InChI is InChI=1S/C17H28NO2/c1-5-18(6-2,11-13-19-7-3)12-14-20-17-10-8-9-16(4)15-17/h7-10,15H,3,5-6,11-14H2,1-2,4H3/q+1. The molecule has 0 fully saturated rings. The van der Waals surface area contributed by atoms with Crippen molar-refractivity contribution in [3.8, 4) is 5.75 Å². The predicted molar refractivity (Wildman–Crippen MR) is 83.9 cm³/mol. The maximum absolute atomic E-state index is 5.88. The molecule has 112 valence electrons. The van der Waals surface area contributed by atoms with Gasteiger partial charge in [0.15, 0.2) is 0 Å². The topological polar surface area (TPSA) is 18.5 Å². The van der Waals surface area contributed by atoms with E-state index in [0.29, 0.717) is 0 Å². The highest BCUT2D eigenvalue weighted by molar-refractivity contribution is 5.27. The van der Waals surface area contributed by atoms with Gasteiger partial charge in [0.25, 0.3) is 0 Å². The summed E-state index contributed by atoms with van der Waals surface area (Å²) in [5.74, 6) is 0.956. The number of hydrogen-bond acceptors (Lipinski definition) is 2. The van der Waals surface area contributed by atoms with Gasteiger partial charge in [0, 0.05) is 0 Å². The number of rotatable bonds is 10. The summed E-state index contributed by atoms with van der Waals surface area (Å²) in [6.07, 6.45) is 1.52. The Labute approximate surface area is 123 Å². The Morgan fingerprint density at radius 3 is 2.45 bits per heavy atom. The molecule has 0 N–H and O–H groups in total. The molecule has 1 aromatic rings. The molecule has 0 saturated carbocycles. The first-order valence-electron chi connectivity index (χ1n) is 7.43. The van der Waals surface area contributed by atoms with Crippen molar-refractivity contribution in [2.24, 2.45) is 0 Å². The van der Waals surface area contributed by atoms with Gasteiger partial charge in [-0.15, -0.1) is 0 Å². The van der Waals surface area contributed by atoms with Crippen molar-refractivity contribution in [2.45, 2.75) is 20.8 Å². The van der Waals surface area contributed by atoms with Crippen LogP contribution in [0.4, 0.5) is 0 Å². The lowest BCUT2D eigenvalue weighted by Crippen LogP contribution is -2.51. The van der Waals surface area contributed by atoms with Crippen LogP contribution >= 0.6 is 0 Å². The van der Waals surface area contributed by atoms with Gasteiger partial charge in [-0.1, -0.05) is 18.7 Å². The molecule has 0 bridgehead atoms. The van der Waals surface area contributed by atoms with Crippen LogP contribution in [0.5, 0.6) is 5.75 Å². The number of benzene rings is 1. The van der Waals surface area contributed by atoms with Crippen molar-refractivity contribution in [2.75, 3.05) is 39.4 Å². The van der Waals surface area contributed by atoms with Gasteiger partial charge in [-0.05, 0) is 38.5 Å². The van der Waals surface area contributed by atoms with Crippen molar-refractivity contribution < 1.29 is 14.0 Å². The smallest absolute Gasteiger partial charge is 0.137 e. The average Bonchev–Trinajstić information content (AvgIpc) is 2.46. The van der Waals surface area contributed by atoms with Crippen molar-refractivity contribution in [3.05, 3.63) is 42.7 Å². The third kappa shape index (κ3) is 5.25. The molecule has 3 heteroatoms. The Balaban J connectivity index is 2.47. The summed E-state index contributed by atoms with van der Waals surface area (Å²) in [5.41, 5.74) is 1.23. The quantitative estimate of drug-likeness (QED) is 0.371. The highest BCUT2D eigenvalue weighted by Crippen LogP contribution is 2.13. The van der Waals surface area contributed by atoms with E-state index in [4.69, 9.17) is 9.47 Å². The third-order valence-corrected chi connectivity index (χ3v) is 3.97. The Morgan fingerprint density at radius 1 is 1.15 bits per heavy atom. The molecule has 0 saturated heterocycles. The van der Waals surface area contributed by atoms with Crippen molar-refractivity contribution in [1.82, 2.24) is 0 Å². The minimum Gasteiger partial charge on any atom is -0.496 e. The fraction of sp³-hybridized carbons (Fsp3) is 0.529. The predicted octanol–water partition coefficient (Wildman–Crippen LogP) is 3.39. The summed E-state index contributed by atoms with van der Waals surface area (Å²) in [4.78, 5) is 0. The molecule has 1 rings (SSSR count). The normalized spacial score (nSPS) is 11.2. The molecule has 0 atom stereocenters. The summed E-state index contributed by atoms with van der Waals surface area (Å²) in [6.45, 7) is 15.8. The van der Waals surface area contributed by atoms with Crippen LogP contribution in [-0.4, -0.2) is 43.9 Å². The minimum atomic E-state index is 0.718. The zero-order valence-corrected chi connectivity index (χ0v) is 13.1. The molecular weight excluding hydrogens is 250 g/mol. The summed E-state index contributed by atoms with van der Waals surface area (Å²) < 4.78 is 12.2. The van der Waals surface area contributed by atoms with E-state index >= 15 is 0 Å². The van der Waals surface area contributed by atoms with Gasteiger partial charge >= 0.3 is 0 Å². The van der Waals surface area contributed by atoms with Crippen LogP contribution < -0.4 is 4.74 Å². The highest BCUT2D eigenvalue weighted by atomic mass is 16.5. The van der Waals surface area contributed by atoms with Crippen LogP contribution in [0.1, 0.15) is 19.4 Å². The van der Waals surface area contributed by atoms with Gasteiger partial charge < -0.3 is 14.0 Å². The Bertz CT molecular complexity index is 400. The van der Waals surface area contributed by atoms with E-state index in [2.05, 4.69) is 39.5 Å². The zero-order valence-electron chi connectivity index (χ0n) is 13.1. The number of quaternary nitrogens is 1. The molecule has 0 aliphatic carbocycles. The van der Waals surface area contributed by atoms with E-state index in [-0.39, 0.29) is 0 Å². The molecule has 0 aliphatic heterocycles. The number of hydrogen-bond donors (Lipinski definition) is 0. The van der Waals surface area contributed by atoms with Crippen molar-refractivity contribution in [3.63, 3.8) is 0 Å². The van der Waals surface area contributed by atoms with Gasteiger partial charge in [-0.25, -0.2) is 0 Å².